The summed E-state index contributed by atoms with van der Waals surface area (Å²) in [6, 6.07) is 11.5. The number of halogens is 1. The first-order valence-corrected chi connectivity index (χ1v) is 7.24. The van der Waals surface area contributed by atoms with Gasteiger partial charge in [0.25, 0.3) is 5.69 Å². The lowest BCUT2D eigenvalue weighted by molar-refractivity contribution is -0.384. The third kappa shape index (κ3) is 4.26. The van der Waals surface area contributed by atoms with Crippen molar-refractivity contribution in [2.75, 3.05) is 5.32 Å². The van der Waals surface area contributed by atoms with Gasteiger partial charge in [0.1, 0.15) is 0 Å². The highest BCUT2D eigenvalue weighted by Crippen LogP contribution is 2.20. The fourth-order valence-corrected chi connectivity index (χ4v) is 2.03. The highest BCUT2D eigenvalue weighted by Gasteiger charge is 2.03. The highest BCUT2D eigenvalue weighted by atomic mass is 79.9. The summed E-state index contributed by atoms with van der Waals surface area (Å²) in [5.41, 5.74) is 2.47. The first-order chi connectivity index (χ1) is 10.5. The number of anilines is 1. The van der Waals surface area contributed by atoms with E-state index in [1.54, 1.807) is 24.3 Å². The van der Waals surface area contributed by atoms with Gasteiger partial charge in [0.15, 0.2) is 0 Å². The Labute approximate surface area is 135 Å². The number of rotatable bonds is 4. The van der Waals surface area contributed by atoms with E-state index in [1.165, 1.54) is 18.2 Å². The second-order valence-electron chi connectivity index (χ2n) is 4.64. The summed E-state index contributed by atoms with van der Waals surface area (Å²) in [5, 5.41) is 13.3. The van der Waals surface area contributed by atoms with E-state index in [0.29, 0.717) is 11.3 Å². The molecule has 0 radical (unpaired) electrons. The van der Waals surface area contributed by atoms with Crippen molar-refractivity contribution >= 4 is 39.3 Å². The third-order valence-corrected chi connectivity index (χ3v) is 3.85. The molecule has 2 aromatic carbocycles. The van der Waals surface area contributed by atoms with Crippen LogP contribution in [0, 0.1) is 17.0 Å². The zero-order valence-electron chi connectivity index (χ0n) is 11.7. The minimum absolute atomic E-state index is 0.0203. The van der Waals surface area contributed by atoms with Crippen molar-refractivity contribution < 1.29 is 9.72 Å². The van der Waals surface area contributed by atoms with Crippen LogP contribution in [0.3, 0.4) is 0 Å². The summed E-state index contributed by atoms with van der Waals surface area (Å²) in [7, 11) is 0. The largest absolute Gasteiger partial charge is 0.323 e. The molecule has 0 aromatic heterocycles. The number of benzene rings is 2. The molecule has 0 unspecified atom stereocenters. The van der Waals surface area contributed by atoms with Gasteiger partial charge in [0.2, 0.25) is 5.91 Å². The van der Waals surface area contributed by atoms with Gasteiger partial charge in [-0.05, 0) is 54.5 Å². The van der Waals surface area contributed by atoms with E-state index in [2.05, 4.69) is 21.2 Å². The molecule has 0 bridgehead atoms. The number of amides is 1. The maximum Gasteiger partial charge on any atom is 0.269 e. The number of hydrogen-bond acceptors (Lipinski definition) is 3. The summed E-state index contributed by atoms with van der Waals surface area (Å²) in [6.45, 7) is 1.94. The standard InChI is InChI=1S/C16H13BrN2O3/c1-11-10-13(5-8-15(11)17)18-16(20)9-4-12-2-6-14(7-3-12)19(21)22/h2-10H,1H3,(H,18,20)/b9-4+. The summed E-state index contributed by atoms with van der Waals surface area (Å²) in [6.07, 6.45) is 2.99. The zero-order valence-corrected chi connectivity index (χ0v) is 13.3. The molecule has 6 heteroatoms. The van der Waals surface area contributed by atoms with Crippen LogP contribution in [0.2, 0.25) is 0 Å². The van der Waals surface area contributed by atoms with Crippen molar-refractivity contribution in [3.05, 3.63) is 74.3 Å². The van der Waals surface area contributed by atoms with Crippen molar-refractivity contribution in [2.24, 2.45) is 0 Å². The number of non-ortho nitro benzene ring substituents is 1. The number of carbonyl (C=O) groups is 1. The van der Waals surface area contributed by atoms with Gasteiger partial charge < -0.3 is 5.32 Å². The number of carbonyl (C=O) groups excluding carboxylic acids is 1. The summed E-state index contributed by atoms with van der Waals surface area (Å²) in [5.74, 6) is -0.264. The molecule has 2 aromatic rings. The lowest BCUT2D eigenvalue weighted by atomic mass is 10.2. The molecule has 0 fully saturated rings. The smallest absolute Gasteiger partial charge is 0.269 e. The van der Waals surface area contributed by atoms with Crippen LogP contribution >= 0.6 is 15.9 Å². The van der Waals surface area contributed by atoms with Crippen LogP contribution in [0.5, 0.6) is 0 Å². The van der Waals surface area contributed by atoms with Crippen LogP contribution in [0.1, 0.15) is 11.1 Å². The van der Waals surface area contributed by atoms with E-state index >= 15 is 0 Å². The molecule has 5 nitrogen and oxygen atoms in total. The van der Waals surface area contributed by atoms with E-state index in [1.807, 2.05) is 19.1 Å². The van der Waals surface area contributed by atoms with Gasteiger partial charge in [-0.15, -0.1) is 0 Å². The van der Waals surface area contributed by atoms with Crippen molar-refractivity contribution in [1.29, 1.82) is 0 Å². The highest BCUT2D eigenvalue weighted by molar-refractivity contribution is 9.10. The SMILES string of the molecule is Cc1cc(NC(=O)/C=C/c2ccc([N+](=O)[O-])cc2)ccc1Br. The quantitative estimate of drug-likeness (QED) is 0.501. The Morgan fingerprint density at radius 1 is 1.23 bits per heavy atom. The van der Waals surface area contributed by atoms with Gasteiger partial charge in [0.05, 0.1) is 4.92 Å². The Balaban J connectivity index is 2.01. The number of aryl methyl sites for hydroxylation is 1. The van der Waals surface area contributed by atoms with Crippen LogP contribution in [-0.2, 0) is 4.79 Å². The predicted octanol–water partition coefficient (Wildman–Crippen LogP) is 4.32. The summed E-state index contributed by atoms with van der Waals surface area (Å²) < 4.78 is 0.979. The molecule has 2 rings (SSSR count). The number of hydrogen-bond donors (Lipinski definition) is 1. The Kier molecular flexibility index (Phi) is 5.06. The third-order valence-electron chi connectivity index (χ3n) is 2.96. The molecule has 1 amide bonds. The van der Waals surface area contributed by atoms with E-state index in [4.69, 9.17) is 0 Å². The fraction of sp³-hybridized carbons (Fsp3) is 0.0625. The van der Waals surface area contributed by atoms with E-state index in [0.717, 1.165) is 10.0 Å². The lowest BCUT2D eigenvalue weighted by Crippen LogP contribution is -2.07. The average molecular weight is 361 g/mol. The first-order valence-electron chi connectivity index (χ1n) is 6.45. The van der Waals surface area contributed by atoms with E-state index in [9.17, 15) is 14.9 Å². The molecule has 0 aliphatic heterocycles. The summed E-state index contributed by atoms with van der Waals surface area (Å²) >= 11 is 3.40. The maximum atomic E-state index is 11.8. The summed E-state index contributed by atoms with van der Waals surface area (Å²) in [4.78, 5) is 21.9. The second kappa shape index (κ2) is 7.00. The number of nitrogens with zero attached hydrogens (tertiary/aromatic N) is 1. The van der Waals surface area contributed by atoms with Gasteiger partial charge >= 0.3 is 0 Å². The molecular formula is C16H13BrN2O3. The monoisotopic (exact) mass is 360 g/mol. The van der Waals surface area contributed by atoms with Crippen LogP contribution in [-0.4, -0.2) is 10.8 Å². The van der Waals surface area contributed by atoms with Crippen molar-refractivity contribution in [2.45, 2.75) is 6.92 Å². The minimum Gasteiger partial charge on any atom is -0.323 e. The molecule has 112 valence electrons. The van der Waals surface area contributed by atoms with Gasteiger partial charge in [-0.2, -0.15) is 0 Å². The van der Waals surface area contributed by atoms with E-state index in [-0.39, 0.29) is 11.6 Å². The number of nitro groups is 1. The predicted molar refractivity (Wildman–Crippen MR) is 89.6 cm³/mol. The molecule has 0 atom stereocenters. The number of nitrogens with one attached hydrogen (secondary N) is 1. The van der Waals surface area contributed by atoms with Crippen molar-refractivity contribution in [3.8, 4) is 0 Å². The van der Waals surface area contributed by atoms with E-state index < -0.39 is 4.92 Å². The topological polar surface area (TPSA) is 72.2 Å². The molecular weight excluding hydrogens is 348 g/mol. The normalized spacial score (nSPS) is 10.6. The van der Waals surface area contributed by atoms with Crippen molar-refractivity contribution in [1.82, 2.24) is 0 Å². The van der Waals surface area contributed by atoms with Crippen molar-refractivity contribution in [3.63, 3.8) is 0 Å². The Bertz CT molecular complexity index is 740. The van der Waals surface area contributed by atoms with Gasteiger partial charge in [-0.1, -0.05) is 15.9 Å². The van der Waals surface area contributed by atoms with Crippen LogP contribution in [0.15, 0.2) is 53.0 Å². The van der Waals surface area contributed by atoms with Crippen LogP contribution in [0.25, 0.3) is 6.08 Å². The molecule has 1 N–H and O–H groups in total. The Hall–Kier alpha value is -2.47. The Morgan fingerprint density at radius 2 is 1.91 bits per heavy atom. The first kappa shape index (κ1) is 15.9. The van der Waals surface area contributed by atoms with Gasteiger partial charge in [0, 0.05) is 28.4 Å². The molecule has 22 heavy (non-hydrogen) atoms. The molecule has 0 spiro atoms. The van der Waals surface area contributed by atoms with Gasteiger partial charge in [-0.3, -0.25) is 14.9 Å². The molecule has 0 aliphatic rings. The fourth-order valence-electron chi connectivity index (χ4n) is 1.79. The average Bonchev–Trinajstić information content (AvgIpc) is 2.49. The second-order valence-corrected chi connectivity index (χ2v) is 5.49. The minimum atomic E-state index is -0.462. The molecule has 0 heterocycles. The lowest BCUT2D eigenvalue weighted by Gasteiger charge is -2.04. The molecule has 0 saturated heterocycles. The maximum absolute atomic E-state index is 11.8. The van der Waals surface area contributed by atoms with Gasteiger partial charge in [-0.25, -0.2) is 0 Å². The molecule has 0 saturated carbocycles. The Morgan fingerprint density at radius 3 is 2.50 bits per heavy atom. The van der Waals surface area contributed by atoms with Crippen LogP contribution in [0.4, 0.5) is 11.4 Å². The number of nitro benzene ring substituents is 1. The zero-order chi connectivity index (χ0) is 16.1. The molecule has 0 aliphatic carbocycles. The van der Waals surface area contributed by atoms with Crippen LogP contribution < -0.4 is 5.32 Å².